The van der Waals surface area contributed by atoms with Gasteiger partial charge >= 0.3 is 0 Å². The molecular weight excluding hydrogens is 342 g/mol. The fourth-order valence-corrected chi connectivity index (χ4v) is 3.14. The number of rotatable bonds is 7. The van der Waals surface area contributed by atoms with Crippen molar-refractivity contribution >= 4 is 17.5 Å². The highest BCUT2D eigenvalue weighted by Gasteiger charge is 2.28. The topological polar surface area (TPSA) is 67.4 Å². The van der Waals surface area contributed by atoms with Crippen molar-refractivity contribution < 1.29 is 14.3 Å². The van der Waals surface area contributed by atoms with Crippen molar-refractivity contribution in [2.24, 2.45) is 0 Å². The molecule has 1 aromatic carbocycles. The number of aromatic nitrogens is 2. The molecule has 2 heterocycles. The third-order valence-electron chi connectivity index (χ3n) is 4.32. The number of methoxy groups -OCH3 is 1. The van der Waals surface area contributed by atoms with Gasteiger partial charge in [0.1, 0.15) is 12.4 Å². The molecule has 25 heavy (non-hydrogen) atoms. The molecule has 0 unspecified atom stereocenters. The van der Waals surface area contributed by atoms with E-state index in [0.29, 0.717) is 31.2 Å². The van der Waals surface area contributed by atoms with Crippen LogP contribution in [0.4, 0.5) is 0 Å². The van der Waals surface area contributed by atoms with E-state index >= 15 is 0 Å². The largest absolute Gasteiger partial charge is 0.487 e. The molecule has 1 aliphatic rings. The maximum Gasteiger partial charge on any atom is 0.224 e. The zero-order chi connectivity index (χ0) is 17.6. The summed E-state index contributed by atoms with van der Waals surface area (Å²) in [7, 11) is 1.61. The number of hydrogen-bond acceptors (Lipinski definition) is 4. The lowest BCUT2D eigenvalue weighted by molar-refractivity contribution is -0.131. The van der Waals surface area contributed by atoms with Crippen LogP contribution in [0.25, 0.3) is 0 Å². The van der Waals surface area contributed by atoms with Crippen LogP contribution < -0.4 is 4.74 Å². The Hall–Kier alpha value is -2.05. The van der Waals surface area contributed by atoms with Gasteiger partial charge in [0.15, 0.2) is 0 Å². The normalized spacial score (nSPS) is 17.0. The van der Waals surface area contributed by atoms with Crippen molar-refractivity contribution in [2.75, 3.05) is 26.8 Å². The number of hydrogen-bond donors (Lipinski definition) is 1. The first kappa shape index (κ1) is 17.8. The van der Waals surface area contributed by atoms with Crippen molar-refractivity contribution in [2.45, 2.75) is 25.4 Å². The van der Waals surface area contributed by atoms with Gasteiger partial charge in [-0.25, -0.2) is 0 Å². The maximum absolute atomic E-state index is 12.1. The molecule has 0 saturated carbocycles. The number of halogens is 1. The Bertz CT molecular complexity index is 719. The van der Waals surface area contributed by atoms with Gasteiger partial charge in [0.05, 0.1) is 24.4 Å². The SMILES string of the molecule is COCCC(=O)N1CC[C@@H](c2cc(COc3cccc(Cl)c3)[nH]n2)C1. The monoisotopic (exact) mass is 363 g/mol. The quantitative estimate of drug-likeness (QED) is 0.821. The number of benzene rings is 1. The van der Waals surface area contributed by atoms with Gasteiger partial charge in [-0.3, -0.25) is 9.89 Å². The van der Waals surface area contributed by atoms with Gasteiger partial charge in [0.2, 0.25) is 5.91 Å². The molecular formula is C18H22ClN3O3. The van der Waals surface area contributed by atoms with Crippen molar-refractivity contribution in [3.8, 4) is 5.75 Å². The van der Waals surface area contributed by atoms with E-state index in [1.807, 2.05) is 29.2 Å². The lowest BCUT2D eigenvalue weighted by atomic mass is 10.1. The van der Waals surface area contributed by atoms with E-state index in [4.69, 9.17) is 21.1 Å². The van der Waals surface area contributed by atoms with Crippen LogP contribution in [0.5, 0.6) is 5.75 Å². The number of nitrogens with one attached hydrogen (secondary N) is 1. The van der Waals surface area contributed by atoms with Gasteiger partial charge in [-0.1, -0.05) is 17.7 Å². The van der Waals surface area contributed by atoms with Crippen molar-refractivity contribution in [3.63, 3.8) is 0 Å². The molecule has 0 radical (unpaired) electrons. The standard InChI is InChI=1S/C18H22ClN3O3/c1-24-8-6-18(23)22-7-5-13(11-22)17-10-15(20-21-17)12-25-16-4-2-3-14(19)9-16/h2-4,9-10,13H,5-8,11-12H2,1H3,(H,20,21)/t13-/m1/s1. The average molecular weight is 364 g/mol. The molecule has 1 atom stereocenters. The van der Waals surface area contributed by atoms with Crippen LogP contribution in [-0.4, -0.2) is 47.8 Å². The summed E-state index contributed by atoms with van der Waals surface area (Å²) >= 11 is 5.95. The summed E-state index contributed by atoms with van der Waals surface area (Å²) in [6.45, 7) is 2.35. The smallest absolute Gasteiger partial charge is 0.224 e. The number of likely N-dealkylation sites (tertiary alicyclic amines) is 1. The van der Waals surface area contributed by atoms with Crippen molar-refractivity contribution in [1.82, 2.24) is 15.1 Å². The van der Waals surface area contributed by atoms with Crippen LogP contribution in [0.2, 0.25) is 5.02 Å². The summed E-state index contributed by atoms with van der Waals surface area (Å²) in [6.07, 6.45) is 1.36. The summed E-state index contributed by atoms with van der Waals surface area (Å²) in [5, 5.41) is 8.05. The predicted molar refractivity (Wildman–Crippen MR) is 94.8 cm³/mol. The summed E-state index contributed by atoms with van der Waals surface area (Å²) in [4.78, 5) is 13.9. The highest BCUT2D eigenvalue weighted by Crippen LogP contribution is 2.27. The zero-order valence-electron chi connectivity index (χ0n) is 14.2. The Morgan fingerprint density at radius 3 is 3.12 bits per heavy atom. The number of ether oxygens (including phenoxy) is 2. The highest BCUT2D eigenvalue weighted by molar-refractivity contribution is 6.30. The molecule has 3 rings (SSSR count). The Balaban J connectivity index is 1.52. The molecule has 134 valence electrons. The molecule has 1 saturated heterocycles. The predicted octanol–water partition coefficient (Wildman–Crippen LogP) is 2.99. The van der Waals surface area contributed by atoms with Gasteiger partial charge in [-0.05, 0) is 30.7 Å². The molecule has 7 heteroatoms. The van der Waals surface area contributed by atoms with Gasteiger partial charge in [0, 0.05) is 31.1 Å². The first-order chi connectivity index (χ1) is 12.2. The van der Waals surface area contributed by atoms with E-state index in [1.54, 1.807) is 13.2 Å². The first-order valence-corrected chi connectivity index (χ1v) is 8.73. The van der Waals surface area contributed by atoms with Gasteiger partial charge in [-0.15, -0.1) is 0 Å². The third-order valence-corrected chi connectivity index (χ3v) is 4.56. The number of nitrogens with zero attached hydrogens (tertiary/aromatic N) is 2. The Labute approximate surface area is 152 Å². The molecule has 1 fully saturated rings. The molecule has 1 amide bonds. The van der Waals surface area contributed by atoms with Crippen LogP contribution >= 0.6 is 11.6 Å². The van der Waals surface area contributed by atoms with E-state index in [2.05, 4.69) is 10.2 Å². The minimum Gasteiger partial charge on any atom is -0.487 e. The molecule has 2 aromatic rings. The molecule has 1 aliphatic heterocycles. The number of carbonyl (C=O) groups excluding carboxylic acids is 1. The first-order valence-electron chi connectivity index (χ1n) is 8.35. The van der Waals surface area contributed by atoms with Crippen LogP contribution in [-0.2, 0) is 16.1 Å². The third kappa shape index (κ3) is 4.74. The number of H-pyrrole nitrogens is 1. The second-order valence-electron chi connectivity index (χ2n) is 6.13. The molecule has 0 spiro atoms. The van der Waals surface area contributed by atoms with Crippen LogP contribution in [0.15, 0.2) is 30.3 Å². The Morgan fingerprint density at radius 1 is 1.44 bits per heavy atom. The van der Waals surface area contributed by atoms with Crippen LogP contribution in [0, 0.1) is 0 Å². The number of amides is 1. The Morgan fingerprint density at radius 2 is 2.32 bits per heavy atom. The fourth-order valence-electron chi connectivity index (χ4n) is 2.96. The lowest BCUT2D eigenvalue weighted by Gasteiger charge is -2.15. The second-order valence-corrected chi connectivity index (χ2v) is 6.57. The van der Waals surface area contributed by atoms with E-state index in [1.165, 1.54) is 0 Å². The average Bonchev–Trinajstić information content (AvgIpc) is 3.27. The number of aromatic amines is 1. The highest BCUT2D eigenvalue weighted by atomic mass is 35.5. The van der Waals surface area contributed by atoms with E-state index < -0.39 is 0 Å². The lowest BCUT2D eigenvalue weighted by Crippen LogP contribution is -2.29. The number of carbonyl (C=O) groups is 1. The van der Waals surface area contributed by atoms with Gasteiger partial charge in [-0.2, -0.15) is 5.10 Å². The summed E-state index contributed by atoms with van der Waals surface area (Å²) in [5.41, 5.74) is 1.88. The van der Waals surface area contributed by atoms with Crippen LogP contribution in [0.3, 0.4) is 0 Å². The second kappa shape index (κ2) is 8.36. The maximum atomic E-state index is 12.1. The summed E-state index contributed by atoms with van der Waals surface area (Å²) in [5.74, 6) is 1.13. The molecule has 0 bridgehead atoms. The van der Waals surface area contributed by atoms with E-state index in [0.717, 1.165) is 30.1 Å². The fraction of sp³-hybridized carbons (Fsp3) is 0.444. The van der Waals surface area contributed by atoms with Gasteiger partial charge < -0.3 is 14.4 Å². The van der Waals surface area contributed by atoms with Crippen molar-refractivity contribution in [1.29, 1.82) is 0 Å². The molecule has 1 N–H and O–H groups in total. The minimum atomic E-state index is 0.143. The van der Waals surface area contributed by atoms with Crippen LogP contribution in [0.1, 0.15) is 30.1 Å². The van der Waals surface area contributed by atoms with Crippen molar-refractivity contribution in [3.05, 3.63) is 46.7 Å². The summed E-state index contributed by atoms with van der Waals surface area (Å²) < 4.78 is 10.7. The zero-order valence-corrected chi connectivity index (χ0v) is 15.0. The van der Waals surface area contributed by atoms with E-state index in [-0.39, 0.29) is 11.8 Å². The molecule has 6 nitrogen and oxygen atoms in total. The Kier molecular flexibility index (Phi) is 5.94. The minimum absolute atomic E-state index is 0.143. The molecule has 1 aromatic heterocycles. The molecule has 0 aliphatic carbocycles. The van der Waals surface area contributed by atoms with Gasteiger partial charge in [0.25, 0.3) is 0 Å². The summed E-state index contributed by atoms with van der Waals surface area (Å²) in [6, 6.07) is 9.31. The van der Waals surface area contributed by atoms with E-state index in [9.17, 15) is 4.79 Å².